The summed E-state index contributed by atoms with van der Waals surface area (Å²) in [5.74, 6) is 0. The van der Waals surface area contributed by atoms with Crippen LogP contribution in [0.25, 0.3) is 12.2 Å². The molecule has 116 valence electrons. The quantitative estimate of drug-likeness (QED) is 0.851. The molecule has 0 aliphatic rings. The van der Waals surface area contributed by atoms with E-state index in [9.17, 15) is 18.0 Å². The van der Waals surface area contributed by atoms with Gasteiger partial charge in [-0.15, -0.1) is 0 Å². The third-order valence-corrected chi connectivity index (χ3v) is 2.84. The Morgan fingerprint density at radius 3 is 2.24 bits per heavy atom. The zero-order chi connectivity index (χ0) is 16.4. The van der Waals surface area contributed by atoms with E-state index >= 15 is 0 Å². The van der Waals surface area contributed by atoms with Gasteiger partial charge in [-0.05, 0) is 13.0 Å². The summed E-state index contributed by atoms with van der Waals surface area (Å²) in [6.45, 7) is 9.47. The first-order chi connectivity index (χ1) is 9.51. The van der Waals surface area contributed by atoms with Crippen LogP contribution in [0.5, 0.6) is 0 Å². The summed E-state index contributed by atoms with van der Waals surface area (Å²) in [4.78, 5) is 15.9. The molecule has 0 aliphatic carbocycles. The fourth-order valence-corrected chi connectivity index (χ4v) is 2.03. The highest BCUT2D eigenvalue weighted by atomic mass is 19.4. The largest absolute Gasteiger partial charge is 0.406 e. The van der Waals surface area contributed by atoms with Crippen LogP contribution >= 0.6 is 0 Å². The molecule has 0 bridgehead atoms. The van der Waals surface area contributed by atoms with Gasteiger partial charge in [-0.2, -0.15) is 18.2 Å². The Kier molecular flexibility index (Phi) is 4.81. The van der Waals surface area contributed by atoms with Crippen molar-refractivity contribution in [1.29, 1.82) is 0 Å². The lowest BCUT2D eigenvalue weighted by Crippen LogP contribution is -2.35. The van der Waals surface area contributed by atoms with Gasteiger partial charge in [0.2, 0.25) is 0 Å². The standard InChI is InChI=1S/C15H19F3N2O/c1-6-8-11-10(7-2)12(14(3,4)5)19-13(21)20(11)9-15(16,17)18/h6-8H,2,9H2,1,3-5H3/b8-6-. The van der Waals surface area contributed by atoms with Crippen LogP contribution in [0.4, 0.5) is 13.2 Å². The Balaban J connectivity index is 3.76. The fraction of sp³-hybridized carbons (Fsp3) is 0.467. The van der Waals surface area contributed by atoms with E-state index in [1.165, 1.54) is 12.2 Å². The Morgan fingerprint density at radius 1 is 1.29 bits per heavy atom. The molecule has 3 nitrogen and oxygen atoms in total. The number of rotatable bonds is 3. The molecule has 0 N–H and O–H groups in total. The van der Waals surface area contributed by atoms with Crippen molar-refractivity contribution in [3.8, 4) is 0 Å². The van der Waals surface area contributed by atoms with Crippen molar-refractivity contribution >= 4 is 12.2 Å². The summed E-state index contributed by atoms with van der Waals surface area (Å²) in [5, 5.41) is 0. The maximum Gasteiger partial charge on any atom is 0.406 e. The lowest BCUT2D eigenvalue weighted by molar-refractivity contribution is -0.141. The summed E-state index contributed by atoms with van der Waals surface area (Å²) in [7, 11) is 0. The van der Waals surface area contributed by atoms with Gasteiger partial charge in [-0.3, -0.25) is 4.57 Å². The molecule has 1 aromatic rings. The minimum Gasteiger partial charge on any atom is -0.283 e. The molecule has 0 fully saturated rings. The molecule has 21 heavy (non-hydrogen) atoms. The topological polar surface area (TPSA) is 34.9 Å². The molecule has 1 rings (SSSR count). The Bertz CT molecular complexity index is 620. The molecule has 0 aromatic carbocycles. The number of aromatic nitrogens is 2. The zero-order valence-electron chi connectivity index (χ0n) is 12.6. The lowest BCUT2D eigenvalue weighted by atomic mass is 9.87. The maximum absolute atomic E-state index is 12.7. The molecule has 1 aromatic heterocycles. The molecule has 0 unspecified atom stereocenters. The third kappa shape index (κ3) is 4.06. The van der Waals surface area contributed by atoms with E-state index in [0.717, 1.165) is 0 Å². The summed E-state index contributed by atoms with van der Waals surface area (Å²) in [6, 6.07) is 0. The van der Waals surface area contributed by atoms with E-state index in [0.29, 0.717) is 15.8 Å². The maximum atomic E-state index is 12.7. The van der Waals surface area contributed by atoms with Crippen molar-refractivity contribution in [2.75, 3.05) is 0 Å². The van der Waals surface area contributed by atoms with Crippen molar-refractivity contribution in [2.45, 2.75) is 45.8 Å². The smallest absolute Gasteiger partial charge is 0.283 e. The molecular weight excluding hydrogens is 281 g/mol. The molecule has 0 aliphatic heterocycles. The van der Waals surface area contributed by atoms with Gasteiger partial charge in [-0.1, -0.05) is 39.5 Å². The number of nitrogens with zero attached hydrogens (tertiary/aromatic N) is 2. The number of hydrogen-bond acceptors (Lipinski definition) is 2. The SMILES string of the molecule is C=Cc1c(C(C)(C)C)nc(=O)n(CC(F)(F)F)c1/C=C\C. The van der Waals surface area contributed by atoms with Crippen molar-refractivity contribution < 1.29 is 13.2 Å². The Labute approximate surface area is 121 Å². The highest BCUT2D eigenvalue weighted by Crippen LogP contribution is 2.27. The van der Waals surface area contributed by atoms with Crippen LogP contribution in [0, 0.1) is 0 Å². The molecular formula is C15H19F3N2O. The average molecular weight is 300 g/mol. The second-order valence-electron chi connectivity index (χ2n) is 5.70. The van der Waals surface area contributed by atoms with Crippen molar-refractivity contribution in [2.24, 2.45) is 0 Å². The molecule has 0 atom stereocenters. The first kappa shape index (κ1) is 17.2. The molecule has 1 heterocycles. The van der Waals surface area contributed by atoms with Gasteiger partial charge in [0.15, 0.2) is 0 Å². The van der Waals surface area contributed by atoms with E-state index in [4.69, 9.17) is 0 Å². The van der Waals surface area contributed by atoms with Crippen LogP contribution in [0.2, 0.25) is 0 Å². The van der Waals surface area contributed by atoms with E-state index in [1.54, 1.807) is 13.0 Å². The van der Waals surface area contributed by atoms with Crippen LogP contribution in [0.1, 0.15) is 44.6 Å². The van der Waals surface area contributed by atoms with Crippen LogP contribution in [-0.2, 0) is 12.0 Å². The van der Waals surface area contributed by atoms with E-state index < -0.39 is 23.8 Å². The van der Waals surface area contributed by atoms with Gasteiger partial charge in [0.05, 0.1) is 11.4 Å². The predicted octanol–water partition coefficient (Wildman–Crippen LogP) is 3.78. The summed E-state index contributed by atoms with van der Waals surface area (Å²) in [5.41, 5.74) is -0.319. The van der Waals surface area contributed by atoms with Gasteiger partial charge >= 0.3 is 11.9 Å². The number of hydrogen-bond donors (Lipinski definition) is 0. The molecule has 0 saturated carbocycles. The first-order valence-corrected chi connectivity index (χ1v) is 6.48. The van der Waals surface area contributed by atoms with Crippen molar-refractivity contribution in [3.63, 3.8) is 0 Å². The van der Waals surface area contributed by atoms with Crippen LogP contribution in [0.15, 0.2) is 17.4 Å². The van der Waals surface area contributed by atoms with Crippen LogP contribution in [-0.4, -0.2) is 15.7 Å². The monoisotopic (exact) mass is 300 g/mol. The minimum atomic E-state index is -4.50. The van der Waals surface area contributed by atoms with E-state index in [-0.39, 0.29) is 5.69 Å². The predicted molar refractivity (Wildman–Crippen MR) is 78.1 cm³/mol. The van der Waals surface area contributed by atoms with Gasteiger partial charge in [0.25, 0.3) is 0 Å². The Morgan fingerprint density at radius 2 is 1.86 bits per heavy atom. The van der Waals surface area contributed by atoms with Crippen molar-refractivity contribution in [1.82, 2.24) is 9.55 Å². The highest BCUT2D eigenvalue weighted by molar-refractivity contribution is 5.64. The van der Waals surface area contributed by atoms with Crippen molar-refractivity contribution in [3.05, 3.63) is 40.1 Å². The normalized spacial score (nSPS) is 12.9. The van der Waals surface area contributed by atoms with Gasteiger partial charge < -0.3 is 0 Å². The average Bonchev–Trinajstić information content (AvgIpc) is 2.31. The minimum absolute atomic E-state index is 0.176. The summed E-state index contributed by atoms with van der Waals surface area (Å²) < 4.78 is 38.7. The zero-order valence-corrected chi connectivity index (χ0v) is 12.6. The molecule has 6 heteroatoms. The molecule has 0 amide bonds. The number of alkyl halides is 3. The van der Waals surface area contributed by atoms with Gasteiger partial charge in [0.1, 0.15) is 6.54 Å². The summed E-state index contributed by atoms with van der Waals surface area (Å²) in [6.07, 6.45) is 0.000912. The fourth-order valence-electron chi connectivity index (χ4n) is 2.03. The summed E-state index contributed by atoms with van der Waals surface area (Å²) >= 11 is 0. The number of halogens is 3. The van der Waals surface area contributed by atoms with E-state index in [1.807, 2.05) is 20.8 Å². The first-order valence-electron chi connectivity index (χ1n) is 6.48. The second-order valence-corrected chi connectivity index (χ2v) is 5.70. The Hall–Kier alpha value is -1.85. The molecule has 0 saturated heterocycles. The lowest BCUT2D eigenvalue weighted by Gasteiger charge is -2.23. The molecule has 0 radical (unpaired) electrons. The highest BCUT2D eigenvalue weighted by Gasteiger charge is 2.31. The third-order valence-electron chi connectivity index (χ3n) is 2.84. The van der Waals surface area contributed by atoms with Crippen LogP contribution < -0.4 is 5.69 Å². The van der Waals surface area contributed by atoms with Gasteiger partial charge in [0, 0.05) is 11.0 Å². The van der Waals surface area contributed by atoms with Gasteiger partial charge in [-0.25, -0.2) is 4.79 Å². The van der Waals surface area contributed by atoms with Crippen LogP contribution in [0.3, 0.4) is 0 Å². The second kappa shape index (κ2) is 5.87. The van der Waals surface area contributed by atoms with E-state index in [2.05, 4.69) is 11.6 Å². The number of allylic oxidation sites excluding steroid dienone is 1. The molecule has 0 spiro atoms.